The third-order valence-electron chi connectivity index (χ3n) is 4.28. The summed E-state index contributed by atoms with van der Waals surface area (Å²) in [7, 11) is 0. The maximum Gasteiger partial charge on any atom is 0.329 e. The van der Waals surface area contributed by atoms with Crippen molar-refractivity contribution in [3.8, 4) is 0 Å². The molecule has 0 bridgehead atoms. The zero-order chi connectivity index (χ0) is 19.3. The predicted molar refractivity (Wildman–Crippen MR) is 89.4 cm³/mol. The number of hydrogen-bond acceptors (Lipinski definition) is 6. The standard InChI is InChI=1S/C17H21N3O6/c1-3-8-18-17(25)19-13(21)9-26-16(24)10(2)20-14(22)11-6-4-5-7-12(11)15(20)23/h3-5,10-12H,1,6-9H2,2H3,(H2,18,19,21,25)/t10-,11+,12+/m0/s1. The number of likely N-dealkylation sites (tertiary alicyclic amines) is 1. The quantitative estimate of drug-likeness (QED) is 0.385. The van der Waals surface area contributed by atoms with Crippen LogP contribution in [0.5, 0.6) is 0 Å². The van der Waals surface area contributed by atoms with Crippen LogP contribution in [0.25, 0.3) is 0 Å². The van der Waals surface area contributed by atoms with Gasteiger partial charge < -0.3 is 10.1 Å². The van der Waals surface area contributed by atoms with Crippen LogP contribution in [0.4, 0.5) is 4.79 Å². The van der Waals surface area contributed by atoms with E-state index in [1.165, 1.54) is 13.0 Å². The van der Waals surface area contributed by atoms with Gasteiger partial charge in [0.2, 0.25) is 11.8 Å². The largest absolute Gasteiger partial charge is 0.454 e. The minimum Gasteiger partial charge on any atom is -0.454 e. The summed E-state index contributed by atoms with van der Waals surface area (Å²) < 4.78 is 4.82. The number of carbonyl (C=O) groups excluding carboxylic acids is 5. The Labute approximate surface area is 150 Å². The molecule has 0 aromatic rings. The van der Waals surface area contributed by atoms with E-state index in [9.17, 15) is 24.0 Å². The van der Waals surface area contributed by atoms with Crippen LogP contribution in [0, 0.1) is 11.8 Å². The van der Waals surface area contributed by atoms with Crippen molar-refractivity contribution in [2.45, 2.75) is 25.8 Å². The van der Waals surface area contributed by atoms with E-state index in [1.54, 1.807) is 0 Å². The first-order valence-electron chi connectivity index (χ1n) is 8.24. The molecule has 0 saturated carbocycles. The van der Waals surface area contributed by atoms with Gasteiger partial charge in [-0.15, -0.1) is 6.58 Å². The number of allylic oxidation sites excluding steroid dienone is 2. The van der Waals surface area contributed by atoms with Crippen LogP contribution < -0.4 is 10.6 Å². The molecule has 1 aliphatic heterocycles. The second-order valence-corrected chi connectivity index (χ2v) is 6.03. The van der Waals surface area contributed by atoms with Crippen LogP contribution in [0.3, 0.4) is 0 Å². The Morgan fingerprint density at radius 3 is 2.38 bits per heavy atom. The fourth-order valence-electron chi connectivity index (χ4n) is 2.94. The molecule has 140 valence electrons. The molecule has 26 heavy (non-hydrogen) atoms. The molecule has 5 amide bonds. The molecule has 2 aliphatic rings. The van der Waals surface area contributed by atoms with Gasteiger partial charge in [0.05, 0.1) is 11.8 Å². The van der Waals surface area contributed by atoms with Crippen LogP contribution in [-0.4, -0.2) is 53.8 Å². The second kappa shape index (κ2) is 8.41. The van der Waals surface area contributed by atoms with Gasteiger partial charge in [-0.3, -0.25) is 24.6 Å². The van der Waals surface area contributed by atoms with Crippen molar-refractivity contribution in [2.75, 3.05) is 13.2 Å². The maximum absolute atomic E-state index is 12.4. The summed E-state index contributed by atoms with van der Waals surface area (Å²) >= 11 is 0. The highest BCUT2D eigenvalue weighted by molar-refractivity contribution is 6.08. The molecule has 2 N–H and O–H groups in total. The highest BCUT2D eigenvalue weighted by Crippen LogP contribution is 2.36. The topological polar surface area (TPSA) is 122 Å². The molecule has 0 aromatic heterocycles. The first kappa shape index (κ1) is 19.4. The van der Waals surface area contributed by atoms with Gasteiger partial charge >= 0.3 is 12.0 Å². The normalized spacial score (nSPS) is 22.4. The monoisotopic (exact) mass is 363 g/mol. The Morgan fingerprint density at radius 2 is 1.85 bits per heavy atom. The lowest BCUT2D eigenvalue weighted by Gasteiger charge is -2.21. The molecule has 3 atom stereocenters. The molecule has 0 aromatic carbocycles. The molecule has 9 heteroatoms. The van der Waals surface area contributed by atoms with E-state index >= 15 is 0 Å². The van der Waals surface area contributed by atoms with Crippen LogP contribution in [0.2, 0.25) is 0 Å². The lowest BCUT2D eigenvalue weighted by Crippen LogP contribution is -2.46. The molecule has 1 heterocycles. The number of amides is 5. The third-order valence-corrected chi connectivity index (χ3v) is 4.28. The maximum atomic E-state index is 12.4. The molecule has 0 spiro atoms. The molecule has 1 aliphatic carbocycles. The van der Waals surface area contributed by atoms with Gasteiger partial charge in [-0.05, 0) is 19.8 Å². The smallest absolute Gasteiger partial charge is 0.329 e. The van der Waals surface area contributed by atoms with Crippen molar-refractivity contribution in [1.29, 1.82) is 0 Å². The van der Waals surface area contributed by atoms with Crippen LogP contribution >= 0.6 is 0 Å². The highest BCUT2D eigenvalue weighted by atomic mass is 16.5. The van der Waals surface area contributed by atoms with Gasteiger partial charge in [-0.25, -0.2) is 9.59 Å². The number of nitrogens with one attached hydrogen (secondary N) is 2. The summed E-state index contributed by atoms with van der Waals surface area (Å²) in [6.45, 7) is 4.25. The third kappa shape index (κ3) is 4.16. The van der Waals surface area contributed by atoms with E-state index in [2.05, 4.69) is 11.9 Å². The van der Waals surface area contributed by atoms with Crippen molar-refractivity contribution < 1.29 is 28.7 Å². The molecular weight excluding hydrogens is 342 g/mol. The number of carbonyl (C=O) groups is 5. The number of urea groups is 1. The van der Waals surface area contributed by atoms with Gasteiger partial charge in [0.1, 0.15) is 6.04 Å². The number of hydrogen-bond donors (Lipinski definition) is 2. The molecule has 9 nitrogen and oxygen atoms in total. The van der Waals surface area contributed by atoms with E-state index in [-0.39, 0.29) is 6.54 Å². The van der Waals surface area contributed by atoms with Crippen molar-refractivity contribution in [3.05, 3.63) is 24.8 Å². The number of fused-ring (bicyclic) bond motifs is 1. The number of nitrogens with zero attached hydrogens (tertiary/aromatic N) is 1. The Bertz CT molecular complexity index is 645. The average molecular weight is 363 g/mol. The summed E-state index contributed by atoms with van der Waals surface area (Å²) in [5.41, 5.74) is 0. The van der Waals surface area contributed by atoms with Gasteiger partial charge in [-0.1, -0.05) is 18.2 Å². The lowest BCUT2D eigenvalue weighted by atomic mass is 9.85. The van der Waals surface area contributed by atoms with E-state index < -0.39 is 54.2 Å². The number of rotatable bonds is 6. The Hall–Kier alpha value is -2.97. The van der Waals surface area contributed by atoms with Gasteiger partial charge in [0.15, 0.2) is 6.61 Å². The summed E-state index contributed by atoms with van der Waals surface area (Å²) in [5.74, 6) is -3.41. The van der Waals surface area contributed by atoms with Gasteiger partial charge in [0, 0.05) is 6.54 Å². The highest BCUT2D eigenvalue weighted by Gasteiger charge is 2.50. The summed E-state index contributed by atoms with van der Waals surface area (Å²) in [4.78, 5) is 60.7. The number of esters is 1. The van der Waals surface area contributed by atoms with E-state index in [4.69, 9.17) is 4.74 Å². The number of imide groups is 2. The van der Waals surface area contributed by atoms with Gasteiger partial charge in [0.25, 0.3) is 5.91 Å². The molecule has 1 fully saturated rings. The van der Waals surface area contributed by atoms with Crippen molar-refractivity contribution >= 4 is 29.7 Å². The van der Waals surface area contributed by atoms with E-state index in [0.29, 0.717) is 12.8 Å². The Balaban J connectivity index is 1.86. The summed E-state index contributed by atoms with van der Waals surface area (Å²) in [5, 5.41) is 4.29. The van der Waals surface area contributed by atoms with Crippen LogP contribution in [0.15, 0.2) is 24.8 Å². The zero-order valence-corrected chi connectivity index (χ0v) is 14.4. The van der Waals surface area contributed by atoms with Crippen LogP contribution in [-0.2, 0) is 23.9 Å². The minimum absolute atomic E-state index is 0.173. The van der Waals surface area contributed by atoms with E-state index in [0.717, 1.165) is 4.90 Å². The molecule has 0 unspecified atom stereocenters. The molecule has 2 rings (SSSR count). The fraction of sp³-hybridized carbons (Fsp3) is 0.471. The Morgan fingerprint density at radius 1 is 1.27 bits per heavy atom. The summed E-state index contributed by atoms with van der Waals surface area (Å²) in [6.07, 6.45) is 6.07. The molecular formula is C17H21N3O6. The van der Waals surface area contributed by atoms with E-state index in [1.807, 2.05) is 17.5 Å². The molecule has 0 radical (unpaired) electrons. The van der Waals surface area contributed by atoms with Crippen LogP contribution in [0.1, 0.15) is 19.8 Å². The predicted octanol–water partition coefficient (Wildman–Crippen LogP) is -0.119. The SMILES string of the molecule is C=CCNC(=O)NC(=O)COC(=O)[C@H](C)N1C(=O)[C@@H]2CC=CC[C@H]2C1=O. The summed E-state index contributed by atoms with van der Waals surface area (Å²) in [6, 6.07) is -1.89. The van der Waals surface area contributed by atoms with Crippen molar-refractivity contribution in [1.82, 2.24) is 15.5 Å². The average Bonchev–Trinajstić information content (AvgIpc) is 2.88. The van der Waals surface area contributed by atoms with Gasteiger partial charge in [-0.2, -0.15) is 0 Å². The lowest BCUT2D eigenvalue weighted by molar-refractivity contribution is -0.159. The second-order valence-electron chi connectivity index (χ2n) is 6.03. The molecule has 1 saturated heterocycles. The Kier molecular flexibility index (Phi) is 6.26. The fourth-order valence-corrected chi connectivity index (χ4v) is 2.94. The first-order chi connectivity index (χ1) is 12.4. The minimum atomic E-state index is -1.14. The first-order valence-corrected chi connectivity index (χ1v) is 8.24. The van der Waals surface area contributed by atoms with Crippen molar-refractivity contribution in [3.63, 3.8) is 0 Å². The zero-order valence-electron chi connectivity index (χ0n) is 14.4. The van der Waals surface area contributed by atoms with Crippen molar-refractivity contribution in [2.24, 2.45) is 11.8 Å². The number of ether oxygens (including phenoxy) is 1.